The number of hydrogen-bond donors (Lipinski definition) is 0. The fourth-order valence-corrected chi connectivity index (χ4v) is 2.73. The molecule has 25 heavy (non-hydrogen) atoms. The molecule has 0 radical (unpaired) electrons. The predicted octanol–water partition coefficient (Wildman–Crippen LogP) is 2.50. The number of rotatable bonds is 7. The van der Waals surface area contributed by atoms with Crippen LogP contribution >= 0.6 is 0 Å². The molecule has 0 aliphatic heterocycles. The minimum absolute atomic E-state index is 0.0493. The number of esters is 1. The van der Waals surface area contributed by atoms with Crippen LogP contribution in [0.25, 0.3) is 0 Å². The van der Waals surface area contributed by atoms with Gasteiger partial charge < -0.3 is 13.7 Å². The van der Waals surface area contributed by atoms with Gasteiger partial charge in [-0.15, -0.1) is 5.10 Å². The molecular weight excluding hydrogens is 322 g/mol. The fraction of sp³-hybridized carbons (Fsp3) is 0.412. The number of aromatic nitrogens is 5. The first-order valence-electron chi connectivity index (χ1n) is 8.21. The summed E-state index contributed by atoms with van der Waals surface area (Å²) in [5.41, 5.74) is 2.35. The van der Waals surface area contributed by atoms with Crippen LogP contribution in [0.15, 0.2) is 28.9 Å². The highest BCUT2D eigenvalue weighted by molar-refractivity contribution is 5.91. The zero-order valence-corrected chi connectivity index (χ0v) is 14.6. The number of carbonyl (C=O) groups excluding carboxylic acids is 1. The Labute approximate surface area is 145 Å². The second-order valence-electron chi connectivity index (χ2n) is 5.84. The van der Waals surface area contributed by atoms with Crippen molar-refractivity contribution < 1.29 is 13.9 Å². The fourth-order valence-electron chi connectivity index (χ4n) is 2.73. The van der Waals surface area contributed by atoms with E-state index in [0.29, 0.717) is 24.5 Å². The minimum atomic E-state index is -0.384. The third kappa shape index (κ3) is 3.62. The molecule has 0 saturated carbocycles. The lowest BCUT2D eigenvalue weighted by atomic mass is 10.2. The molecule has 0 atom stereocenters. The number of ether oxygens (including phenoxy) is 1. The van der Waals surface area contributed by atoms with Gasteiger partial charge in [0.2, 0.25) is 0 Å². The maximum Gasteiger partial charge on any atom is 0.340 e. The predicted molar refractivity (Wildman–Crippen MR) is 88.9 cm³/mol. The van der Waals surface area contributed by atoms with Crippen molar-refractivity contribution in [3.05, 3.63) is 53.0 Å². The number of nitrogens with zero attached hydrogens (tertiary/aromatic N) is 5. The van der Waals surface area contributed by atoms with E-state index in [0.717, 1.165) is 23.6 Å². The number of tetrazole rings is 1. The molecule has 8 heteroatoms. The molecule has 3 rings (SSSR count). The molecule has 0 aliphatic rings. The number of aryl methyl sites for hydroxylation is 2. The van der Waals surface area contributed by atoms with Crippen molar-refractivity contribution in [2.75, 3.05) is 0 Å². The van der Waals surface area contributed by atoms with E-state index < -0.39 is 0 Å². The van der Waals surface area contributed by atoms with Gasteiger partial charge in [0.05, 0.1) is 18.4 Å². The SMILES string of the molecule is CCCn1nnnc1COC(=O)c1cc(C)n(Cc2ccco2)c1C. The molecule has 0 saturated heterocycles. The van der Waals surface area contributed by atoms with E-state index in [-0.39, 0.29) is 12.6 Å². The van der Waals surface area contributed by atoms with Crippen molar-refractivity contribution in [2.24, 2.45) is 0 Å². The second-order valence-corrected chi connectivity index (χ2v) is 5.84. The first-order chi connectivity index (χ1) is 12.1. The summed E-state index contributed by atoms with van der Waals surface area (Å²) in [4.78, 5) is 12.5. The highest BCUT2D eigenvalue weighted by Gasteiger charge is 2.18. The largest absolute Gasteiger partial charge is 0.467 e. The molecule has 0 aromatic carbocycles. The average Bonchev–Trinajstić information content (AvgIpc) is 3.31. The van der Waals surface area contributed by atoms with E-state index in [1.807, 2.05) is 43.5 Å². The lowest BCUT2D eigenvalue weighted by Crippen LogP contribution is -2.12. The second kappa shape index (κ2) is 7.33. The van der Waals surface area contributed by atoms with Crippen LogP contribution in [0, 0.1) is 13.8 Å². The van der Waals surface area contributed by atoms with E-state index in [1.165, 1.54) is 0 Å². The summed E-state index contributed by atoms with van der Waals surface area (Å²) in [7, 11) is 0. The normalized spacial score (nSPS) is 11.0. The van der Waals surface area contributed by atoms with Crippen LogP contribution in [0.4, 0.5) is 0 Å². The molecule has 0 fully saturated rings. The maximum atomic E-state index is 12.5. The Morgan fingerprint density at radius 1 is 1.36 bits per heavy atom. The Kier molecular flexibility index (Phi) is 4.97. The standard InChI is InChI=1S/C17H21N5O3/c1-4-7-22-16(18-19-20-22)11-25-17(23)15-9-12(2)21(13(15)3)10-14-6-5-8-24-14/h5-6,8-9H,4,7,10-11H2,1-3H3. The van der Waals surface area contributed by atoms with Crippen LogP contribution in [0.2, 0.25) is 0 Å². The highest BCUT2D eigenvalue weighted by atomic mass is 16.5. The van der Waals surface area contributed by atoms with Crippen LogP contribution in [-0.2, 0) is 24.4 Å². The summed E-state index contributed by atoms with van der Waals surface area (Å²) in [5, 5.41) is 11.4. The van der Waals surface area contributed by atoms with Gasteiger partial charge in [0.25, 0.3) is 0 Å². The monoisotopic (exact) mass is 343 g/mol. The zero-order chi connectivity index (χ0) is 17.8. The zero-order valence-electron chi connectivity index (χ0n) is 14.6. The number of furan rings is 1. The molecule has 0 aliphatic carbocycles. The summed E-state index contributed by atoms with van der Waals surface area (Å²) in [5.74, 6) is 0.991. The maximum absolute atomic E-state index is 12.5. The third-order valence-electron chi connectivity index (χ3n) is 4.06. The Balaban J connectivity index is 1.71. The molecule has 3 aromatic heterocycles. The summed E-state index contributed by atoms with van der Waals surface area (Å²) >= 11 is 0. The molecular formula is C17H21N5O3. The Morgan fingerprint density at radius 3 is 2.92 bits per heavy atom. The van der Waals surface area contributed by atoms with E-state index >= 15 is 0 Å². The topological polar surface area (TPSA) is 88.0 Å². The third-order valence-corrected chi connectivity index (χ3v) is 4.06. The Bertz CT molecular complexity index is 848. The molecule has 0 unspecified atom stereocenters. The minimum Gasteiger partial charge on any atom is -0.467 e. The average molecular weight is 343 g/mol. The first kappa shape index (κ1) is 16.9. The van der Waals surface area contributed by atoms with Crippen LogP contribution in [0.5, 0.6) is 0 Å². The first-order valence-corrected chi connectivity index (χ1v) is 8.21. The quantitative estimate of drug-likeness (QED) is 0.613. The summed E-state index contributed by atoms with van der Waals surface area (Å²) in [6.07, 6.45) is 2.54. The van der Waals surface area contributed by atoms with Gasteiger partial charge >= 0.3 is 5.97 Å². The van der Waals surface area contributed by atoms with Crippen LogP contribution in [-0.4, -0.2) is 30.7 Å². The van der Waals surface area contributed by atoms with Gasteiger partial charge in [-0.25, -0.2) is 9.48 Å². The summed E-state index contributed by atoms with van der Waals surface area (Å²) < 4.78 is 14.5. The van der Waals surface area contributed by atoms with Crippen LogP contribution in [0.1, 0.15) is 46.7 Å². The highest BCUT2D eigenvalue weighted by Crippen LogP contribution is 2.18. The lowest BCUT2D eigenvalue weighted by molar-refractivity contribution is 0.0455. The van der Waals surface area contributed by atoms with Gasteiger partial charge in [-0.2, -0.15) is 0 Å². The van der Waals surface area contributed by atoms with Crippen molar-refractivity contribution >= 4 is 5.97 Å². The molecule has 3 heterocycles. The van der Waals surface area contributed by atoms with Crippen molar-refractivity contribution in [2.45, 2.75) is 46.9 Å². The van der Waals surface area contributed by atoms with E-state index in [4.69, 9.17) is 9.15 Å². The van der Waals surface area contributed by atoms with E-state index in [1.54, 1.807) is 10.9 Å². The molecule has 0 N–H and O–H groups in total. The number of hydrogen-bond acceptors (Lipinski definition) is 6. The molecule has 0 amide bonds. The van der Waals surface area contributed by atoms with Crippen molar-refractivity contribution in [3.63, 3.8) is 0 Å². The molecule has 0 spiro atoms. The van der Waals surface area contributed by atoms with Crippen molar-refractivity contribution in [1.82, 2.24) is 24.8 Å². The molecule has 8 nitrogen and oxygen atoms in total. The van der Waals surface area contributed by atoms with Crippen molar-refractivity contribution in [3.8, 4) is 0 Å². The van der Waals surface area contributed by atoms with Gasteiger partial charge in [-0.3, -0.25) is 0 Å². The molecule has 0 bridgehead atoms. The molecule has 3 aromatic rings. The van der Waals surface area contributed by atoms with Gasteiger partial charge in [-0.1, -0.05) is 6.92 Å². The van der Waals surface area contributed by atoms with Crippen LogP contribution < -0.4 is 0 Å². The summed E-state index contributed by atoms with van der Waals surface area (Å²) in [6, 6.07) is 5.58. The van der Waals surface area contributed by atoms with Gasteiger partial charge in [0.15, 0.2) is 12.4 Å². The van der Waals surface area contributed by atoms with E-state index in [2.05, 4.69) is 15.5 Å². The van der Waals surface area contributed by atoms with Gasteiger partial charge in [0.1, 0.15) is 5.76 Å². The number of carbonyl (C=O) groups is 1. The lowest BCUT2D eigenvalue weighted by Gasteiger charge is -2.08. The van der Waals surface area contributed by atoms with Gasteiger partial charge in [0, 0.05) is 17.9 Å². The smallest absolute Gasteiger partial charge is 0.340 e. The summed E-state index contributed by atoms with van der Waals surface area (Å²) in [6.45, 7) is 7.20. The van der Waals surface area contributed by atoms with Crippen LogP contribution in [0.3, 0.4) is 0 Å². The van der Waals surface area contributed by atoms with Crippen molar-refractivity contribution in [1.29, 1.82) is 0 Å². The Hall–Kier alpha value is -2.90. The Morgan fingerprint density at radius 2 is 2.20 bits per heavy atom. The molecule has 132 valence electrons. The van der Waals surface area contributed by atoms with E-state index in [9.17, 15) is 4.79 Å². The van der Waals surface area contributed by atoms with Gasteiger partial charge in [-0.05, 0) is 48.9 Å².